The fraction of sp³-hybridized carbons (Fsp3) is 0.409. The minimum absolute atomic E-state index is 0.0755. The van der Waals surface area contributed by atoms with Gasteiger partial charge in [0.15, 0.2) is 10.9 Å². The van der Waals surface area contributed by atoms with Crippen molar-refractivity contribution in [2.75, 3.05) is 5.32 Å². The Morgan fingerprint density at radius 1 is 1.12 bits per heavy atom. The second-order valence-corrected chi connectivity index (χ2v) is 9.71. The standard InChI is InChI=1S/C22H24N8O2S/c1-3-30-14(20(31)25-11-4-5-11)8-13-17-16(24-10-29(17)2)18(27-19(13)30)28-22-23-9-15(33-22)21(32)26-12-6-7-12/h8-12H,3-7H2,1-2H3,(H,25,31)(H,26,32)(H,23,27,28). The van der Waals surface area contributed by atoms with Gasteiger partial charge in [-0.15, -0.1) is 0 Å². The summed E-state index contributed by atoms with van der Waals surface area (Å²) in [5.41, 5.74) is 2.88. The number of nitrogens with one attached hydrogen (secondary N) is 3. The SMILES string of the molecule is CCn1c(C(=O)NC2CC2)cc2c3c(ncn3C)c(Nc3ncc(C(=O)NC4CC4)s3)nc21. The summed E-state index contributed by atoms with van der Waals surface area (Å²) < 4.78 is 3.87. The van der Waals surface area contributed by atoms with E-state index in [0.29, 0.717) is 45.3 Å². The predicted molar refractivity (Wildman–Crippen MR) is 126 cm³/mol. The maximum Gasteiger partial charge on any atom is 0.268 e. The third-order valence-electron chi connectivity index (χ3n) is 6.03. The summed E-state index contributed by atoms with van der Waals surface area (Å²) in [6.45, 7) is 2.61. The molecule has 4 aromatic heterocycles. The number of anilines is 2. The van der Waals surface area contributed by atoms with Crippen molar-refractivity contribution in [1.29, 1.82) is 0 Å². The van der Waals surface area contributed by atoms with Gasteiger partial charge in [-0.25, -0.2) is 15.0 Å². The quantitative estimate of drug-likeness (QED) is 0.387. The maximum atomic E-state index is 12.9. The van der Waals surface area contributed by atoms with Gasteiger partial charge >= 0.3 is 0 Å². The highest BCUT2D eigenvalue weighted by molar-refractivity contribution is 7.17. The van der Waals surface area contributed by atoms with Crippen molar-refractivity contribution in [1.82, 2.24) is 34.7 Å². The number of rotatable bonds is 7. The van der Waals surface area contributed by atoms with E-state index in [1.165, 1.54) is 11.3 Å². The highest BCUT2D eigenvalue weighted by atomic mass is 32.1. The smallest absolute Gasteiger partial charge is 0.268 e. The first kappa shape index (κ1) is 20.2. The first-order valence-corrected chi connectivity index (χ1v) is 12.0. The molecular formula is C22H24N8O2S. The molecular weight excluding hydrogens is 440 g/mol. The second-order valence-electron chi connectivity index (χ2n) is 8.67. The molecule has 4 heterocycles. The molecule has 0 aromatic carbocycles. The van der Waals surface area contributed by atoms with Crippen LogP contribution in [0.2, 0.25) is 0 Å². The molecule has 11 heteroatoms. The third kappa shape index (κ3) is 3.62. The van der Waals surface area contributed by atoms with Gasteiger partial charge < -0.3 is 25.1 Å². The number of hydrogen-bond donors (Lipinski definition) is 3. The van der Waals surface area contributed by atoms with Crippen molar-refractivity contribution in [3.63, 3.8) is 0 Å². The predicted octanol–water partition coefficient (Wildman–Crippen LogP) is 2.93. The molecule has 0 spiro atoms. The molecule has 6 rings (SSSR count). The summed E-state index contributed by atoms with van der Waals surface area (Å²) in [4.78, 5) is 39.6. The van der Waals surface area contributed by atoms with Gasteiger partial charge in [-0.1, -0.05) is 11.3 Å². The number of aryl methyl sites for hydroxylation is 2. The molecule has 2 fully saturated rings. The van der Waals surface area contributed by atoms with Gasteiger partial charge in [0.25, 0.3) is 11.8 Å². The summed E-state index contributed by atoms with van der Waals surface area (Å²) in [5, 5.41) is 10.8. The molecule has 0 bridgehead atoms. The number of carbonyl (C=O) groups is 2. The van der Waals surface area contributed by atoms with Gasteiger partial charge in [0.2, 0.25) is 0 Å². The Morgan fingerprint density at radius 2 is 1.85 bits per heavy atom. The number of thiazole rings is 1. The maximum absolute atomic E-state index is 12.9. The molecule has 2 saturated carbocycles. The molecule has 10 nitrogen and oxygen atoms in total. The lowest BCUT2D eigenvalue weighted by Gasteiger charge is -2.09. The summed E-state index contributed by atoms with van der Waals surface area (Å²) in [6, 6.07) is 2.47. The molecule has 0 aliphatic heterocycles. The monoisotopic (exact) mass is 464 g/mol. The number of fused-ring (bicyclic) bond motifs is 3. The van der Waals surface area contributed by atoms with E-state index in [1.807, 2.05) is 29.2 Å². The Labute approximate surface area is 193 Å². The highest BCUT2D eigenvalue weighted by Crippen LogP contribution is 2.33. The lowest BCUT2D eigenvalue weighted by molar-refractivity contribution is 0.0938. The number of amides is 2. The molecule has 0 atom stereocenters. The number of hydrogen-bond acceptors (Lipinski definition) is 7. The molecule has 4 aromatic rings. The minimum Gasteiger partial charge on any atom is -0.349 e. The lowest BCUT2D eigenvalue weighted by Crippen LogP contribution is -2.27. The average Bonchev–Trinajstić information content (AvgIpc) is 3.66. The zero-order valence-corrected chi connectivity index (χ0v) is 19.2. The van der Waals surface area contributed by atoms with E-state index >= 15 is 0 Å². The first-order valence-electron chi connectivity index (χ1n) is 11.2. The van der Waals surface area contributed by atoms with Crippen LogP contribution in [0.3, 0.4) is 0 Å². The number of carbonyl (C=O) groups excluding carboxylic acids is 2. The molecule has 2 amide bonds. The zero-order chi connectivity index (χ0) is 22.7. The Morgan fingerprint density at radius 3 is 2.55 bits per heavy atom. The normalized spacial score (nSPS) is 15.8. The fourth-order valence-corrected chi connectivity index (χ4v) is 4.74. The van der Waals surface area contributed by atoms with Crippen LogP contribution < -0.4 is 16.0 Å². The lowest BCUT2D eigenvalue weighted by atomic mass is 10.2. The molecule has 3 N–H and O–H groups in total. The third-order valence-corrected chi connectivity index (χ3v) is 6.94. The Hall–Kier alpha value is -3.47. The van der Waals surface area contributed by atoms with Gasteiger partial charge in [-0.2, -0.15) is 0 Å². The zero-order valence-electron chi connectivity index (χ0n) is 18.4. The topological polar surface area (TPSA) is 119 Å². The Kier molecular flexibility index (Phi) is 4.61. The minimum atomic E-state index is -0.0966. The molecule has 0 radical (unpaired) electrons. The fourth-order valence-electron chi connectivity index (χ4n) is 4.02. The van der Waals surface area contributed by atoms with Gasteiger partial charge in [0.1, 0.15) is 21.7 Å². The average molecular weight is 465 g/mol. The van der Waals surface area contributed by atoms with Crippen molar-refractivity contribution in [2.24, 2.45) is 7.05 Å². The van der Waals surface area contributed by atoms with E-state index in [1.54, 1.807) is 12.5 Å². The van der Waals surface area contributed by atoms with Crippen LogP contribution in [0.25, 0.3) is 22.1 Å². The van der Waals surface area contributed by atoms with Gasteiger partial charge in [0, 0.05) is 31.1 Å². The molecule has 33 heavy (non-hydrogen) atoms. The van der Waals surface area contributed by atoms with E-state index in [-0.39, 0.29) is 17.9 Å². The summed E-state index contributed by atoms with van der Waals surface area (Å²) in [6.07, 6.45) is 7.45. The van der Waals surface area contributed by atoms with Crippen molar-refractivity contribution in [3.05, 3.63) is 29.2 Å². The molecule has 0 saturated heterocycles. The second kappa shape index (κ2) is 7.55. The van der Waals surface area contributed by atoms with E-state index < -0.39 is 0 Å². The van der Waals surface area contributed by atoms with Crippen LogP contribution in [-0.2, 0) is 13.6 Å². The van der Waals surface area contributed by atoms with Crippen LogP contribution in [0.1, 0.15) is 52.8 Å². The van der Waals surface area contributed by atoms with Gasteiger partial charge in [-0.3, -0.25) is 9.59 Å². The Bertz CT molecular complexity index is 1410. The molecule has 2 aliphatic carbocycles. The number of nitrogens with zero attached hydrogens (tertiary/aromatic N) is 5. The van der Waals surface area contributed by atoms with E-state index in [2.05, 4.69) is 25.9 Å². The van der Waals surface area contributed by atoms with Crippen LogP contribution in [0.5, 0.6) is 0 Å². The van der Waals surface area contributed by atoms with Crippen LogP contribution in [0.4, 0.5) is 10.9 Å². The molecule has 0 unspecified atom stereocenters. The van der Waals surface area contributed by atoms with E-state index in [9.17, 15) is 9.59 Å². The van der Waals surface area contributed by atoms with Gasteiger partial charge in [0.05, 0.1) is 18.0 Å². The van der Waals surface area contributed by atoms with Gasteiger partial charge in [-0.05, 0) is 38.7 Å². The van der Waals surface area contributed by atoms with Crippen LogP contribution in [0, 0.1) is 0 Å². The van der Waals surface area contributed by atoms with E-state index in [4.69, 9.17) is 4.98 Å². The van der Waals surface area contributed by atoms with Crippen LogP contribution >= 0.6 is 11.3 Å². The summed E-state index contributed by atoms with van der Waals surface area (Å²) >= 11 is 1.28. The summed E-state index contributed by atoms with van der Waals surface area (Å²) in [5.74, 6) is 0.373. The Balaban J connectivity index is 1.40. The largest absolute Gasteiger partial charge is 0.349 e. The van der Waals surface area contributed by atoms with Crippen LogP contribution in [0.15, 0.2) is 18.6 Å². The first-order chi connectivity index (χ1) is 16.0. The number of imidazole rings is 1. The van der Waals surface area contributed by atoms with Crippen molar-refractivity contribution < 1.29 is 9.59 Å². The number of pyridine rings is 1. The highest BCUT2D eigenvalue weighted by Gasteiger charge is 2.28. The van der Waals surface area contributed by atoms with Crippen LogP contribution in [-0.4, -0.2) is 48.0 Å². The molecule has 2 aliphatic rings. The summed E-state index contributed by atoms with van der Waals surface area (Å²) in [7, 11) is 1.93. The number of aromatic nitrogens is 5. The molecule has 170 valence electrons. The van der Waals surface area contributed by atoms with Crippen molar-refractivity contribution in [3.8, 4) is 0 Å². The van der Waals surface area contributed by atoms with Crippen molar-refractivity contribution >= 4 is 56.2 Å². The van der Waals surface area contributed by atoms with Crippen molar-refractivity contribution in [2.45, 2.75) is 51.2 Å². The van der Waals surface area contributed by atoms with E-state index in [0.717, 1.165) is 36.6 Å².